The number of hydrogen-bond acceptors (Lipinski definition) is 3. The van der Waals surface area contributed by atoms with Crippen molar-refractivity contribution in [2.45, 2.75) is 78.0 Å². The van der Waals surface area contributed by atoms with E-state index >= 15 is 4.39 Å². The number of aliphatic hydroxyl groups excluding tert-OH is 1. The van der Waals surface area contributed by atoms with Crippen LogP contribution in [-0.4, -0.2) is 28.4 Å². The van der Waals surface area contributed by atoms with Gasteiger partial charge in [-0.3, -0.25) is 9.59 Å². The second kappa shape index (κ2) is 5.50. The fourth-order valence-electron chi connectivity index (χ4n) is 7.63. The molecule has 0 saturated heterocycles. The molecule has 1 N–H and O–H groups in total. The fraction of sp³-hybridized carbons (Fsp3) is 0.818. The highest BCUT2D eigenvalue weighted by atomic mass is 19.1. The normalized spacial score (nSPS) is 53.4. The first kappa shape index (κ1) is 18.3. The van der Waals surface area contributed by atoms with Crippen molar-refractivity contribution in [1.82, 2.24) is 0 Å². The average molecular weight is 362 g/mol. The van der Waals surface area contributed by atoms with Crippen LogP contribution in [0.15, 0.2) is 11.6 Å². The Balaban J connectivity index is 1.83. The van der Waals surface area contributed by atoms with Crippen molar-refractivity contribution in [3.05, 3.63) is 11.6 Å². The van der Waals surface area contributed by atoms with E-state index < -0.39 is 17.2 Å². The number of Topliss-reactive ketones (excluding diaryl/α,β-unsaturated/α-hetero) is 1. The molecule has 4 heteroatoms. The van der Waals surface area contributed by atoms with Crippen LogP contribution in [-0.2, 0) is 9.59 Å². The molecule has 0 aromatic carbocycles. The summed E-state index contributed by atoms with van der Waals surface area (Å²) in [5, 5.41) is 11.1. The number of aliphatic hydroxyl groups is 1. The fourth-order valence-corrected chi connectivity index (χ4v) is 7.63. The predicted molar refractivity (Wildman–Crippen MR) is 97.2 cm³/mol. The highest BCUT2D eigenvalue weighted by Crippen LogP contribution is 2.70. The third kappa shape index (κ3) is 2.03. The monoisotopic (exact) mass is 362 g/mol. The van der Waals surface area contributed by atoms with Crippen molar-refractivity contribution < 1.29 is 19.1 Å². The lowest BCUT2D eigenvalue weighted by Crippen LogP contribution is -2.68. The number of carbonyl (C=O) groups is 2. The van der Waals surface area contributed by atoms with Crippen molar-refractivity contribution in [2.24, 2.45) is 34.5 Å². The number of carbonyl (C=O) groups excluding carboxylic acids is 2. The number of allylic oxidation sites excluding steroid dienone is 1. The topological polar surface area (TPSA) is 54.4 Å². The van der Waals surface area contributed by atoms with Crippen LogP contribution in [0.2, 0.25) is 0 Å². The largest absolute Gasteiger partial charge is 0.390 e. The molecule has 3 saturated carbocycles. The van der Waals surface area contributed by atoms with Crippen LogP contribution in [0.5, 0.6) is 0 Å². The van der Waals surface area contributed by atoms with Crippen molar-refractivity contribution in [3.63, 3.8) is 0 Å². The molecule has 0 spiro atoms. The summed E-state index contributed by atoms with van der Waals surface area (Å²) in [4.78, 5) is 24.2. The molecule has 3 nitrogen and oxygen atoms in total. The van der Waals surface area contributed by atoms with Gasteiger partial charge < -0.3 is 5.11 Å². The van der Waals surface area contributed by atoms with E-state index in [-0.39, 0.29) is 40.7 Å². The SMILES string of the molecule is CC(=O)C1CCC2C3CC(C)C4=CC(=O)CC[C@]4(C)[C@@]3(F)C(O)C[C@]12C. The standard InChI is InChI=1S/C22H31FO3/c1-12-9-18-16-6-5-15(13(2)24)20(16,3)11-19(26)22(18,23)21(4)8-7-14(25)10-17(12)21/h10,12,15-16,18-19,26H,5-9,11H2,1-4H3/t12?,15?,16?,18?,19?,20-,21+,22+/m1/s1. The van der Waals surface area contributed by atoms with Gasteiger partial charge >= 0.3 is 0 Å². The minimum Gasteiger partial charge on any atom is -0.390 e. The summed E-state index contributed by atoms with van der Waals surface area (Å²) < 4.78 is 16.9. The summed E-state index contributed by atoms with van der Waals surface area (Å²) in [5.41, 5.74) is -1.90. The van der Waals surface area contributed by atoms with Gasteiger partial charge in [-0.1, -0.05) is 26.3 Å². The molecule has 0 amide bonds. The third-order valence-corrected chi connectivity index (χ3v) is 8.85. The van der Waals surface area contributed by atoms with Gasteiger partial charge in [0.05, 0.1) is 6.10 Å². The Morgan fingerprint density at radius 1 is 1.27 bits per heavy atom. The predicted octanol–water partition coefficient (Wildman–Crippen LogP) is 4.03. The molecule has 0 radical (unpaired) electrons. The number of fused-ring (bicyclic) bond motifs is 5. The van der Waals surface area contributed by atoms with E-state index in [1.54, 1.807) is 13.0 Å². The Labute approximate surface area is 155 Å². The lowest BCUT2D eigenvalue weighted by Gasteiger charge is -2.64. The average Bonchev–Trinajstić information content (AvgIpc) is 2.89. The molecule has 0 bridgehead atoms. The first-order valence-electron chi connectivity index (χ1n) is 10.2. The van der Waals surface area contributed by atoms with E-state index in [4.69, 9.17) is 0 Å². The maximum absolute atomic E-state index is 16.9. The van der Waals surface area contributed by atoms with Crippen molar-refractivity contribution in [1.29, 1.82) is 0 Å². The first-order valence-corrected chi connectivity index (χ1v) is 10.2. The zero-order valence-corrected chi connectivity index (χ0v) is 16.3. The molecule has 0 aliphatic heterocycles. The quantitative estimate of drug-likeness (QED) is 0.766. The Hall–Kier alpha value is -1.03. The zero-order valence-electron chi connectivity index (χ0n) is 16.3. The summed E-state index contributed by atoms with van der Waals surface area (Å²) >= 11 is 0. The van der Waals surface area contributed by atoms with Crippen LogP contribution >= 0.6 is 0 Å². The summed E-state index contributed by atoms with van der Waals surface area (Å²) in [7, 11) is 0. The molecule has 144 valence electrons. The Bertz CT molecular complexity index is 700. The van der Waals surface area contributed by atoms with E-state index in [1.807, 2.05) is 6.92 Å². The van der Waals surface area contributed by atoms with Crippen LogP contribution in [0.1, 0.15) is 66.2 Å². The number of alkyl halides is 1. The number of rotatable bonds is 1. The Kier molecular flexibility index (Phi) is 3.88. The second-order valence-electron chi connectivity index (χ2n) is 9.98. The van der Waals surface area contributed by atoms with Crippen LogP contribution in [0.4, 0.5) is 4.39 Å². The molecule has 0 aromatic rings. The first-order chi connectivity index (χ1) is 12.1. The number of hydrogen-bond donors (Lipinski definition) is 1. The highest BCUT2D eigenvalue weighted by molar-refractivity contribution is 5.92. The molecule has 26 heavy (non-hydrogen) atoms. The van der Waals surface area contributed by atoms with Gasteiger partial charge in [0.15, 0.2) is 5.78 Å². The van der Waals surface area contributed by atoms with Gasteiger partial charge in [0, 0.05) is 23.7 Å². The molecule has 0 heterocycles. The van der Waals surface area contributed by atoms with E-state index in [9.17, 15) is 14.7 Å². The van der Waals surface area contributed by atoms with Crippen LogP contribution in [0.3, 0.4) is 0 Å². The second-order valence-corrected chi connectivity index (χ2v) is 9.98. The van der Waals surface area contributed by atoms with Crippen molar-refractivity contribution in [3.8, 4) is 0 Å². The van der Waals surface area contributed by atoms with Crippen LogP contribution in [0, 0.1) is 34.5 Å². The van der Waals surface area contributed by atoms with E-state index in [0.717, 1.165) is 18.4 Å². The summed E-state index contributed by atoms with van der Waals surface area (Å²) in [5.74, 6) is 0.212. The molecule has 8 atom stereocenters. The van der Waals surface area contributed by atoms with Gasteiger partial charge in [0.2, 0.25) is 0 Å². The number of halogens is 1. The minimum atomic E-state index is -1.71. The minimum absolute atomic E-state index is 0.0697. The molecular formula is C22H31FO3. The van der Waals surface area contributed by atoms with E-state index in [2.05, 4.69) is 13.8 Å². The van der Waals surface area contributed by atoms with Gasteiger partial charge in [-0.2, -0.15) is 0 Å². The lowest BCUT2D eigenvalue weighted by molar-refractivity contribution is -0.213. The maximum Gasteiger partial charge on any atom is 0.155 e. The maximum atomic E-state index is 16.9. The van der Waals surface area contributed by atoms with Gasteiger partial charge in [-0.25, -0.2) is 4.39 Å². The zero-order chi connectivity index (χ0) is 19.1. The molecule has 3 fully saturated rings. The molecule has 5 unspecified atom stereocenters. The van der Waals surface area contributed by atoms with Gasteiger partial charge in [0.1, 0.15) is 11.5 Å². The molecule has 4 rings (SSSR count). The number of ketones is 2. The smallest absolute Gasteiger partial charge is 0.155 e. The van der Waals surface area contributed by atoms with Gasteiger partial charge in [-0.05, 0) is 62.4 Å². The summed E-state index contributed by atoms with van der Waals surface area (Å²) in [6, 6.07) is 0. The van der Waals surface area contributed by atoms with Gasteiger partial charge in [0.25, 0.3) is 0 Å². The van der Waals surface area contributed by atoms with Gasteiger partial charge in [-0.15, -0.1) is 0 Å². The molecule has 0 aromatic heterocycles. The molecule has 4 aliphatic carbocycles. The van der Waals surface area contributed by atoms with Crippen LogP contribution in [0.25, 0.3) is 0 Å². The Morgan fingerprint density at radius 2 is 1.96 bits per heavy atom. The summed E-state index contributed by atoms with van der Waals surface area (Å²) in [6.07, 6.45) is 4.10. The van der Waals surface area contributed by atoms with Crippen LogP contribution < -0.4 is 0 Å². The molecule has 4 aliphatic rings. The highest BCUT2D eigenvalue weighted by Gasteiger charge is 2.71. The third-order valence-electron chi connectivity index (χ3n) is 8.85. The summed E-state index contributed by atoms with van der Waals surface area (Å²) in [6.45, 7) is 7.76. The lowest BCUT2D eigenvalue weighted by atomic mass is 9.43. The van der Waals surface area contributed by atoms with Crippen molar-refractivity contribution >= 4 is 11.6 Å². The Morgan fingerprint density at radius 3 is 2.62 bits per heavy atom. The van der Waals surface area contributed by atoms with E-state index in [0.29, 0.717) is 25.7 Å². The van der Waals surface area contributed by atoms with E-state index in [1.165, 1.54) is 0 Å². The molecular weight excluding hydrogens is 331 g/mol. The van der Waals surface area contributed by atoms with Crippen molar-refractivity contribution in [2.75, 3.05) is 0 Å².